The van der Waals surface area contributed by atoms with Crippen LogP contribution >= 0.6 is 0 Å². The molecule has 1 aromatic carbocycles. The van der Waals surface area contributed by atoms with Gasteiger partial charge in [0.2, 0.25) is 5.91 Å². The second kappa shape index (κ2) is 11.1. The molecule has 0 fully saturated rings. The van der Waals surface area contributed by atoms with E-state index in [0.29, 0.717) is 30.1 Å². The molecule has 3 amide bonds. The largest absolute Gasteiger partial charge is 0.491 e. The summed E-state index contributed by atoms with van der Waals surface area (Å²) in [6.45, 7) is 6.43. The van der Waals surface area contributed by atoms with Crippen molar-refractivity contribution >= 4 is 23.4 Å². The molecule has 1 aliphatic heterocycles. The second-order valence-electron chi connectivity index (χ2n) is 8.52. The van der Waals surface area contributed by atoms with Crippen LogP contribution in [0.1, 0.15) is 41.6 Å². The Morgan fingerprint density at radius 1 is 1.21 bits per heavy atom. The number of hydrogen-bond donors (Lipinski definition) is 1. The van der Waals surface area contributed by atoms with Gasteiger partial charge in [-0.2, -0.15) is 0 Å². The standard InChI is InChI=1S/C24H31N5O5/c1-15-12-29(17(3)30)16(2)14-34-21-10-18(27-23(31)20-11-25-8-9-26-20)6-7-19(21)24(32)28(4)13-22(15)33-5/h6-11,15-16,22H,12-14H2,1-5H3,(H,27,31)/t15-,16+,22+/m1/s1. The number of aromatic nitrogens is 2. The summed E-state index contributed by atoms with van der Waals surface area (Å²) in [5, 5.41) is 2.75. The predicted octanol–water partition coefficient (Wildman–Crippen LogP) is 2.08. The average molecular weight is 470 g/mol. The van der Waals surface area contributed by atoms with Gasteiger partial charge < -0.3 is 24.6 Å². The summed E-state index contributed by atoms with van der Waals surface area (Å²) in [4.78, 5) is 49.3. The fourth-order valence-corrected chi connectivity index (χ4v) is 3.90. The van der Waals surface area contributed by atoms with Crippen LogP contribution in [-0.4, -0.2) is 83.5 Å². The van der Waals surface area contributed by atoms with E-state index in [4.69, 9.17) is 9.47 Å². The molecule has 0 unspecified atom stereocenters. The molecule has 0 bridgehead atoms. The number of ether oxygens (including phenoxy) is 2. The van der Waals surface area contributed by atoms with Gasteiger partial charge in [0.05, 0.1) is 23.9 Å². The molecule has 0 radical (unpaired) electrons. The number of fused-ring (bicyclic) bond motifs is 1. The number of nitrogens with zero attached hydrogens (tertiary/aromatic N) is 4. The topological polar surface area (TPSA) is 114 Å². The first-order valence-corrected chi connectivity index (χ1v) is 11.1. The number of methoxy groups -OCH3 is 1. The van der Waals surface area contributed by atoms with Crippen molar-refractivity contribution in [2.75, 3.05) is 39.2 Å². The third-order valence-corrected chi connectivity index (χ3v) is 5.90. The molecule has 34 heavy (non-hydrogen) atoms. The first-order valence-electron chi connectivity index (χ1n) is 11.1. The van der Waals surface area contributed by atoms with Crippen molar-refractivity contribution in [3.05, 3.63) is 48.0 Å². The Morgan fingerprint density at radius 3 is 2.62 bits per heavy atom. The Balaban J connectivity index is 1.93. The van der Waals surface area contributed by atoms with E-state index in [2.05, 4.69) is 15.3 Å². The number of carbonyl (C=O) groups excluding carboxylic acids is 3. The molecule has 2 aromatic rings. The Hall–Kier alpha value is -3.53. The van der Waals surface area contributed by atoms with E-state index in [1.54, 1.807) is 42.2 Å². The van der Waals surface area contributed by atoms with Crippen LogP contribution in [0.4, 0.5) is 5.69 Å². The Labute approximate surface area is 199 Å². The molecular weight excluding hydrogens is 438 g/mol. The van der Waals surface area contributed by atoms with E-state index < -0.39 is 5.91 Å². The third-order valence-electron chi connectivity index (χ3n) is 5.90. The number of anilines is 1. The lowest BCUT2D eigenvalue weighted by atomic mass is 10.0. The Kier molecular flexibility index (Phi) is 8.17. The monoisotopic (exact) mass is 469 g/mol. The normalized spacial score (nSPS) is 21.6. The third kappa shape index (κ3) is 5.88. The first-order chi connectivity index (χ1) is 16.2. The predicted molar refractivity (Wildman–Crippen MR) is 126 cm³/mol. The number of nitrogens with one attached hydrogen (secondary N) is 1. The highest BCUT2D eigenvalue weighted by Gasteiger charge is 2.29. The molecule has 3 atom stereocenters. The molecule has 1 aliphatic rings. The highest BCUT2D eigenvalue weighted by atomic mass is 16.5. The molecule has 1 aromatic heterocycles. The quantitative estimate of drug-likeness (QED) is 0.732. The summed E-state index contributed by atoms with van der Waals surface area (Å²) < 4.78 is 11.7. The molecule has 1 N–H and O–H groups in total. The molecular formula is C24H31N5O5. The fraction of sp³-hybridized carbons (Fsp3) is 0.458. The fourth-order valence-electron chi connectivity index (χ4n) is 3.90. The zero-order valence-corrected chi connectivity index (χ0v) is 20.1. The summed E-state index contributed by atoms with van der Waals surface area (Å²) in [5.74, 6) is -0.411. The number of carbonyl (C=O) groups is 3. The number of hydrogen-bond acceptors (Lipinski definition) is 7. The number of likely N-dealkylation sites (N-methyl/N-ethyl adjacent to an activating group) is 1. The number of benzene rings is 1. The van der Waals surface area contributed by atoms with Crippen molar-refractivity contribution in [2.24, 2.45) is 5.92 Å². The van der Waals surface area contributed by atoms with Crippen LogP contribution in [0.5, 0.6) is 5.75 Å². The van der Waals surface area contributed by atoms with Gasteiger partial charge >= 0.3 is 0 Å². The van der Waals surface area contributed by atoms with Gasteiger partial charge in [-0.15, -0.1) is 0 Å². The molecule has 10 nitrogen and oxygen atoms in total. The smallest absolute Gasteiger partial charge is 0.275 e. The summed E-state index contributed by atoms with van der Waals surface area (Å²) in [7, 11) is 3.31. The van der Waals surface area contributed by atoms with E-state index in [1.165, 1.54) is 25.5 Å². The van der Waals surface area contributed by atoms with Gasteiger partial charge in [-0.05, 0) is 19.1 Å². The van der Waals surface area contributed by atoms with E-state index in [-0.39, 0.29) is 42.2 Å². The Bertz CT molecular complexity index is 1030. The van der Waals surface area contributed by atoms with Crippen molar-refractivity contribution in [2.45, 2.75) is 32.9 Å². The number of rotatable bonds is 3. The van der Waals surface area contributed by atoms with E-state index in [1.807, 2.05) is 13.8 Å². The zero-order chi connectivity index (χ0) is 24.8. The molecule has 0 spiro atoms. The van der Waals surface area contributed by atoms with Gasteiger partial charge in [-0.25, -0.2) is 4.98 Å². The lowest BCUT2D eigenvalue weighted by Crippen LogP contribution is -2.48. The molecule has 0 saturated heterocycles. The molecule has 0 aliphatic carbocycles. The van der Waals surface area contributed by atoms with Crippen molar-refractivity contribution in [3.63, 3.8) is 0 Å². The van der Waals surface area contributed by atoms with Gasteiger partial charge in [-0.1, -0.05) is 6.92 Å². The average Bonchev–Trinajstić information content (AvgIpc) is 2.83. The van der Waals surface area contributed by atoms with Gasteiger partial charge in [0.25, 0.3) is 11.8 Å². The van der Waals surface area contributed by atoms with E-state index >= 15 is 0 Å². The minimum absolute atomic E-state index is 0.00386. The van der Waals surface area contributed by atoms with Gasteiger partial charge in [0, 0.05) is 64.2 Å². The van der Waals surface area contributed by atoms with Crippen molar-refractivity contribution in [1.82, 2.24) is 19.8 Å². The van der Waals surface area contributed by atoms with Gasteiger partial charge in [0.15, 0.2) is 0 Å². The molecule has 0 saturated carbocycles. The van der Waals surface area contributed by atoms with Crippen LogP contribution in [-0.2, 0) is 9.53 Å². The summed E-state index contributed by atoms with van der Waals surface area (Å²) in [6.07, 6.45) is 4.02. The summed E-state index contributed by atoms with van der Waals surface area (Å²) in [6, 6.07) is 4.61. The Morgan fingerprint density at radius 2 is 1.97 bits per heavy atom. The van der Waals surface area contributed by atoms with Gasteiger partial charge in [0.1, 0.15) is 18.1 Å². The minimum atomic E-state index is -0.433. The SMILES string of the molecule is CO[C@H]1CN(C)C(=O)c2ccc(NC(=O)c3cnccn3)cc2OC[C@H](C)N(C(C)=O)C[C@H]1C. The zero-order valence-electron chi connectivity index (χ0n) is 20.1. The van der Waals surface area contributed by atoms with Crippen molar-refractivity contribution in [3.8, 4) is 5.75 Å². The van der Waals surface area contributed by atoms with Crippen molar-refractivity contribution in [1.29, 1.82) is 0 Å². The lowest BCUT2D eigenvalue weighted by molar-refractivity contribution is -0.133. The molecule has 10 heteroatoms. The highest BCUT2D eigenvalue weighted by molar-refractivity contribution is 6.03. The van der Waals surface area contributed by atoms with Gasteiger partial charge in [-0.3, -0.25) is 19.4 Å². The van der Waals surface area contributed by atoms with Crippen molar-refractivity contribution < 1.29 is 23.9 Å². The maximum Gasteiger partial charge on any atom is 0.275 e. The van der Waals surface area contributed by atoms with E-state index in [9.17, 15) is 14.4 Å². The minimum Gasteiger partial charge on any atom is -0.491 e. The number of amides is 3. The summed E-state index contributed by atoms with van der Waals surface area (Å²) >= 11 is 0. The lowest BCUT2D eigenvalue weighted by Gasteiger charge is -2.35. The molecule has 3 rings (SSSR count). The maximum atomic E-state index is 13.2. The van der Waals surface area contributed by atoms with Crippen LogP contribution in [0.2, 0.25) is 0 Å². The molecule has 2 heterocycles. The molecule has 182 valence electrons. The van der Waals surface area contributed by atoms with Crippen LogP contribution < -0.4 is 10.1 Å². The van der Waals surface area contributed by atoms with Crippen LogP contribution in [0.15, 0.2) is 36.8 Å². The maximum absolute atomic E-state index is 13.2. The van der Waals surface area contributed by atoms with Crippen LogP contribution in [0, 0.1) is 5.92 Å². The van der Waals surface area contributed by atoms with Crippen LogP contribution in [0.25, 0.3) is 0 Å². The van der Waals surface area contributed by atoms with Crippen LogP contribution in [0.3, 0.4) is 0 Å². The van der Waals surface area contributed by atoms with E-state index in [0.717, 1.165) is 0 Å². The summed E-state index contributed by atoms with van der Waals surface area (Å²) in [5.41, 5.74) is 0.957. The first kappa shape index (κ1) is 25.1. The second-order valence-corrected chi connectivity index (χ2v) is 8.52. The highest BCUT2D eigenvalue weighted by Crippen LogP contribution is 2.27.